The molecule has 1 aromatic carbocycles. The van der Waals surface area contributed by atoms with E-state index in [-0.39, 0.29) is 5.56 Å². The molecule has 1 aromatic heterocycles. The molecule has 102 valence electrons. The van der Waals surface area contributed by atoms with Gasteiger partial charge in [-0.05, 0) is 38.3 Å². The highest BCUT2D eigenvalue weighted by molar-refractivity contribution is 5.35. The number of aromatic amines is 1. The average molecular weight is 258 g/mol. The molecule has 0 atom stereocenters. The predicted molar refractivity (Wildman–Crippen MR) is 79.1 cm³/mol. The van der Waals surface area contributed by atoms with E-state index in [1.54, 1.807) is 4.68 Å². The largest absolute Gasteiger partial charge is 0.295 e. The maximum absolute atomic E-state index is 12.5. The van der Waals surface area contributed by atoms with Crippen LogP contribution >= 0.6 is 0 Å². The van der Waals surface area contributed by atoms with Gasteiger partial charge in [-0.25, -0.2) is 4.68 Å². The van der Waals surface area contributed by atoms with Crippen LogP contribution in [0, 0.1) is 6.92 Å². The van der Waals surface area contributed by atoms with Crippen LogP contribution in [0.15, 0.2) is 29.1 Å². The zero-order valence-corrected chi connectivity index (χ0v) is 12.0. The van der Waals surface area contributed by atoms with Gasteiger partial charge in [0.1, 0.15) is 0 Å². The third-order valence-corrected chi connectivity index (χ3v) is 3.50. The first-order valence-corrected chi connectivity index (χ1v) is 7.07. The number of rotatable bonds is 5. The third kappa shape index (κ3) is 2.80. The molecule has 0 aliphatic heterocycles. The summed E-state index contributed by atoms with van der Waals surface area (Å²) in [6.07, 6.45) is 3.91. The van der Waals surface area contributed by atoms with Crippen LogP contribution < -0.4 is 5.56 Å². The maximum atomic E-state index is 12.5. The molecule has 0 radical (unpaired) electrons. The Morgan fingerprint density at radius 2 is 1.84 bits per heavy atom. The smallest absolute Gasteiger partial charge is 0.274 e. The zero-order valence-electron chi connectivity index (χ0n) is 12.0. The van der Waals surface area contributed by atoms with Crippen molar-refractivity contribution in [2.45, 2.75) is 46.5 Å². The van der Waals surface area contributed by atoms with Gasteiger partial charge in [-0.15, -0.1) is 0 Å². The van der Waals surface area contributed by atoms with Crippen molar-refractivity contribution in [2.75, 3.05) is 0 Å². The molecule has 0 bridgehead atoms. The lowest BCUT2D eigenvalue weighted by Crippen LogP contribution is -2.17. The molecule has 3 nitrogen and oxygen atoms in total. The van der Waals surface area contributed by atoms with Crippen LogP contribution in [0.3, 0.4) is 0 Å². The second-order valence-electron chi connectivity index (χ2n) is 5.00. The van der Waals surface area contributed by atoms with Gasteiger partial charge in [0.05, 0.1) is 5.69 Å². The number of nitrogens with zero attached hydrogens (tertiary/aromatic N) is 1. The zero-order chi connectivity index (χ0) is 13.8. The molecule has 0 saturated carbocycles. The highest BCUT2D eigenvalue weighted by Crippen LogP contribution is 2.11. The SMILES string of the molecule is CCCCc1c(CC)[nH]n(-c2ccc(C)cc2)c1=O. The molecule has 2 aromatic rings. The summed E-state index contributed by atoms with van der Waals surface area (Å²) in [5.41, 5.74) is 4.23. The molecule has 0 unspecified atom stereocenters. The van der Waals surface area contributed by atoms with E-state index in [9.17, 15) is 4.79 Å². The number of aromatic nitrogens is 2. The van der Waals surface area contributed by atoms with E-state index >= 15 is 0 Å². The maximum Gasteiger partial charge on any atom is 0.274 e. The molecule has 0 spiro atoms. The monoisotopic (exact) mass is 258 g/mol. The topological polar surface area (TPSA) is 37.8 Å². The number of unbranched alkanes of at least 4 members (excludes halogenated alkanes) is 1. The number of hydrogen-bond acceptors (Lipinski definition) is 1. The molecule has 0 fully saturated rings. The van der Waals surface area contributed by atoms with E-state index in [1.165, 1.54) is 5.56 Å². The number of benzene rings is 1. The lowest BCUT2D eigenvalue weighted by molar-refractivity contribution is 0.783. The van der Waals surface area contributed by atoms with Gasteiger partial charge in [-0.1, -0.05) is 38.0 Å². The summed E-state index contributed by atoms with van der Waals surface area (Å²) in [6, 6.07) is 8.02. The van der Waals surface area contributed by atoms with Crippen LogP contribution in [0.4, 0.5) is 0 Å². The summed E-state index contributed by atoms with van der Waals surface area (Å²) in [4.78, 5) is 12.5. The fourth-order valence-electron chi connectivity index (χ4n) is 2.30. The van der Waals surface area contributed by atoms with E-state index in [1.807, 2.05) is 31.2 Å². The van der Waals surface area contributed by atoms with Crippen molar-refractivity contribution in [1.82, 2.24) is 9.78 Å². The first kappa shape index (κ1) is 13.7. The Labute approximate surface area is 114 Å². The molecular weight excluding hydrogens is 236 g/mol. The third-order valence-electron chi connectivity index (χ3n) is 3.50. The lowest BCUT2D eigenvalue weighted by Gasteiger charge is -2.01. The van der Waals surface area contributed by atoms with E-state index < -0.39 is 0 Å². The molecule has 0 aliphatic carbocycles. The molecule has 1 N–H and O–H groups in total. The Balaban J connectivity index is 2.44. The van der Waals surface area contributed by atoms with Crippen molar-refractivity contribution in [3.63, 3.8) is 0 Å². The highest BCUT2D eigenvalue weighted by atomic mass is 16.1. The molecule has 0 saturated heterocycles. The summed E-state index contributed by atoms with van der Waals surface area (Å²) in [5, 5.41) is 3.25. The summed E-state index contributed by atoms with van der Waals surface area (Å²) < 4.78 is 1.67. The molecule has 0 aliphatic rings. The van der Waals surface area contributed by atoms with Gasteiger partial charge >= 0.3 is 0 Å². The van der Waals surface area contributed by atoms with E-state index in [0.29, 0.717) is 0 Å². The van der Waals surface area contributed by atoms with Crippen molar-refractivity contribution in [3.8, 4) is 5.69 Å². The fourth-order valence-corrected chi connectivity index (χ4v) is 2.30. The second kappa shape index (κ2) is 5.91. The number of hydrogen-bond donors (Lipinski definition) is 1. The van der Waals surface area contributed by atoms with Crippen LogP contribution in [0.25, 0.3) is 5.69 Å². The summed E-state index contributed by atoms with van der Waals surface area (Å²) in [5.74, 6) is 0. The Kier molecular flexibility index (Phi) is 4.25. The van der Waals surface area contributed by atoms with Gasteiger partial charge < -0.3 is 0 Å². The van der Waals surface area contributed by atoms with Gasteiger partial charge in [0.2, 0.25) is 0 Å². The van der Waals surface area contributed by atoms with Crippen molar-refractivity contribution in [2.24, 2.45) is 0 Å². The quantitative estimate of drug-likeness (QED) is 0.877. The number of nitrogens with one attached hydrogen (secondary N) is 1. The van der Waals surface area contributed by atoms with Gasteiger partial charge in [-0.3, -0.25) is 9.89 Å². The predicted octanol–water partition coefficient (Wildman–Crippen LogP) is 3.38. The highest BCUT2D eigenvalue weighted by Gasteiger charge is 2.13. The lowest BCUT2D eigenvalue weighted by atomic mass is 10.1. The van der Waals surface area contributed by atoms with Crippen molar-refractivity contribution in [3.05, 3.63) is 51.4 Å². The Bertz CT molecular complexity index is 590. The Morgan fingerprint density at radius 3 is 2.42 bits per heavy atom. The molecular formula is C16H22N2O. The first-order valence-electron chi connectivity index (χ1n) is 7.07. The van der Waals surface area contributed by atoms with Crippen LogP contribution in [-0.2, 0) is 12.8 Å². The van der Waals surface area contributed by atoms with E-state index in [4.69, 9.17) is 0 Å². The fraction of sp³-hybridized carbons (Fsp3) is 0.438. The minimum atomic E-state index is 0.106. The minimum absolute atomic E-state index is 0.106. The van der Waals surface area contributed by atoms with E-state index in [2.05, 4.69) is 18.9 Å². The molecule has 0 amide bonds. The van der Waals surface area contributed by atoms with Crippen LogP contribution in [0.2, 0.25) is 0 Å². The minimum Gasteiger partial charge on any atom is -0.295 e. The van der Waals surface area contributed by atoms with Crippen molar-refractivity contribution in [1.29, 1.82) is 0 Å². The van der Waals surface area contributed by atoms with Gasteiger partial charge in [0.15, 0.2) is 0 Å². The van der Waals surface area contributed by atoms with Crippen molar-refractivity contribution < 1.29 is 0 Å². The molecule has 2 rings (SSSR count). The summed E-state index contributed by atoms with van der Waals surface area (Å²) in [7, 11) is 0. The van der Waals surface area contributed by atoms with Gasteiger partial charge in [0, 0.05) is 11.3 Å². The van der Waals surface area contributed by atoms with Crippen molar-refractivity contribution >= 4 is 0 Å². The van der Waals surface area contributed by atoms with Gasteiger partial charge in [-0.2, -0.15) is 0 Å². The van der Waals surface area contributed by atoms with E-state index in [0.717, 1.165) is 42.6 Å². The second-order valence-corrected chi connectivity index (χ2v) is 5.00. The van der Waals surface area contributed by atoms with Crippen LogP contribution in [-0.4, -0.2) is 9.78 Å². The molecule has 3 heteroatoms. The molecule has 19 heavy (non-hydrogen) atoms. The van der Waals surface area contributed by atoms with Gasteiger partial charge in [0.25, 0.3) is 5.56 Å². The molecule has 1 heterocycles. The normalized spacial score (nSPS) is 10.9. The average Bonchev–Trinajstić information content (AvgIpc) is 2.74. The standard InChI is InChI=1S/C16H22N2O/c1-4-6-7-14-15(5-2)17-18(16(14)19)13-10-8-12(3)9-11-13/h8-11,17H,4-7H2,1-3H3. The number of H-pyrrole nitrogens is 1. The van der Waals surface area contributed by atoms with Crippen LogP contribution in [0.5, 0.6) is 0 Å². The Morgan fingerprint density at radius 1 is 1.16 bits per heavy atom. The van der Waals surface area contributed by atoms with Crippen LogP contribution in [0.1, 0.15) is 43.5 Å². The summed E-state index contributed by atoms with van der Waals surface area (Å²) >= 11 is 0. The first-order chi connectivity index (χ1) is 9.17. The Hall–Kier alpha value is -1.77. The number of aryl methyl sites for hydroxylation is 2. The summed E-state index contributed by atoms with van der Waals surface area (Å²) in [6.45, 7) is 6.28.